The number of benzene rings is 2. The summed E-state index contributed by atoms with van der Waals surface area (Å²) in [6.07, 6.45) is 3.69. The summed E-state index contributed by atoms with van der Waals surface area (Å²) in [5, 5.41) is 3.37. The van der Waals surface area contributed by atoms with E-state index in [9.17, 15) is 9.18 Å². The zero-order valence-electron chi connectivity index (χ0n) is 17.9. The number of aromatic nitrogens is 1. The Hall–Kier alpha value is -2.28. The predicted octanol–water partition coefficient (Wildman–Crippen LogP) is 5.73. The van der Waals surface area contributed by atoms with Gasteiger partial charge >= 0.3 is 6.03 Å². The summed E-state index contributed by atoms with van der Waals surface area (Å²) in [5.74, 6) is -0.276. The quantitative estimate of drug-likeness (QED) is 0.505. The van der Waals surface area contributed by atoms with E-state index in [-0.39, 0.29) is 24.3 Å². The fourth-order valence-corrected chi connectivity index (χ4v) is 4.76. The van der Waals surface area contributed by atoms with Gasteiger partial charge in [0.2, 0.25) is 0 Å². The molecule has 1 unspecified atom stereocenters. The topological polar surface area (TPSA) is 40.5 Å². The van der Waals surface area contributed by atoms with Crippen LogP contribution < -0.4 is 5.43 Å². The number of hydrogen-bond acceptors (Lipinski definition) is 2. The van der Waals surface area contributed by atoms with Gasteiger partial charge in [0.05, 0.1) is 12.1 Å². The molecular formula is C23H27Cl2FN4O. The molecule has 1 N–H and O–H groups in total. The molecule has 1 aromatic heterocycles. The van der Waals surface area contributed by atoms with Gasteiger partial charge in [-0.1, -0.05) is 25.4 Å². The fourth-order valence-electron chi connectivity index (χ4n) is 4.59. The maximum Gasteiger partial charge on any atom is 0.335 e. The Morgan fingerprint density at radius 3 is 2.48 bits per heavy atom. The molecule has 2 heterocycles. The highest BCUT2D eigenvalue weighted by Crippen LogP contribution is 2.43. The van der Waals surface area contributed by atoms with Gasteiger partial charge in [0.15, 0.2) is 0 Å². The summed E-state index contributed by atoms with van der Waals surface area (Å²) in [6.45, 7) is 5.46. The molecule has 2 amide bonds. The average molecular weight is 465 g/mol. The summed E-state index contributed by atoms with van der Waals surface area (Å²) in [6, 6.07) is 12.2. The van der Waals surface area contributed by atoms with Crippen LogP contribution >= 0.6 is 24.0 Å². The third-order valence-corrected chi connectivity index (χ3v) is 6.25. The molecule has 5 nitrogen and oxygen atoms in total. The lowest BCUT2D eigenvalue weighted by molar-refractivity contribution is 0.115. The number of nitrogens with one attached hydrogen (secondary N) is 1. The Bertz CT molecular complexity index is 1090. The minimum atomic E-state index is -0.546. The molecule has 0 aliphatic carbocycles. The van der Waals surface area contributed by atoms with E-state index in [0.29, 0.717) is 18.1 Å². The van der Waals surface area contributed by atoms with Gasteiger partial charge < -0.3 is 9.47 Å². The molecular weight excluding hydrogens is 438 g/mol. The molecule has 1 atom stereocenters. The van der Waals surface area contributed by atoms with Crippen LogP contribution in [0.15, 0.2) is 48.7 Å². The van der Waals surface area contributed by atoms with E-state index < -0.39 is 5.54 Å². The first-order chi connectivity index (χ1) is 14.4. The van der Waals surface area contributed by atoms with E-state index >= 15 is 0 Å². The van der Waals surface area contributed by atoms with Crippen molar-refractivity contribution in [2.45, 2.75) is 32.2 Å². The van der Waals surface area contributed by atoms with Gasteiger partial charge in [-0.05, 0) is 55.3 Å². The van der Waals surface area contributed by atoms with Gasteiger partial charge in [0.1, 0.15) is 11.4 Å². The number of amides is 2. The Balaban J connectivity index is 0.00000272. The zero-order chi connectivity index (χ0) is 21.5. The third-order valence-electron chi connectivity index (χ3n) is 6.02. The number of urea groups is 1. The molecule has 31 heavy (non-hydrogen) atoms. The first kappa shape index (κ1) is 23.4. The Morgan fingerprint density at radius 2 is 1.87 bits per heavy atom. The van der Waals surface area contributed by atoms with Crippen LogP contribution in [0.1, 0.15) is 32.3 Å². The molecule has 0 saturated carbocycles. The van der Waals surface area contributed by atoms with Crippen LogP contribution in [0, 0.1) is 5.82 Å². The van der Waals surface area contributed by atoms with E-state index in [2.05, 4.69) is 25.5 Å². The van der Waals surface area contributed by atoms with Crippen molar-refractivity contribution >= 4 is 40.9 Å². The number of hydrogen-bond donors (Lipinski definition) is 1. The molecule has 1 saturated heterocycles. The minimum absolute atomic E-state index is 0. The van der Waals surface area contributed by atoms with Crippen molar-refractivity contribution in [1.82, 2.24) is 19.9 Å². The van der Waals surface area contributed by atoms with Gasteiger partial charge in [-0.25, -0.2) is 19.6 Å². The van der Waals surface area contributed by atoms with Crippen molar-refractivity contribution in [3.63, 3.8) is 0 Å². The van der Waals surface area contributed by atoms with Crippen molar-refractivity contribution in [3.8, 4) is 5.69 Å². The van der Waals surface area contributed by atoms with Gasteiger partial charge in [0, 0.05) is 41.4 Å². The normalized spacial score (nSPS) is 18.7. The molecule has 1 aliphatic heterocycles. The molecule has 2 aromatic carbocycles. The highest BCUT2D eigenvalue weighted by atomic mass is 35.5. The van der Waals surface area contributed by atoms with Crippen molar-refractivity contribution in [2.24, 2.45) is 0 Å². The van der Waals surface area contributed by atoms with Crippen LogP contribution in [0.5, 0.6) is 0 Å². The third kappa shape index (κ3) is 3.77. The SMILES string of the molecule is CCCN1CC(CC)(c2cn(-c3ccc(F)cc3)c3ccc(Cl)cc23)N(NC)C1=O.Cl. The summed E-state index contributed by atoms with van der Waals surface area (Å²) in [7, 11) is 1.78. The van der Waals surface area contributed by atoms with E-state index in [4.69, 9.17) is 11.6 Å². The number of hydrazine groups is 1. The van der Waals surface area contributed by atoms with Gasteiger partial charge in [-0.3, -0.25) is 0 Å². The minimum Gasteiger partial charge on any atom is -0.321 e. The fraction of sp³-hybridized carbons (Fsp3) is 0.348. The maximum absolute atomic E-state index is 13.5. The van der Waals surface area contributed by atoms with Crippen LogP contribution in [0.25, 0.3) is 16.6 Å². The number of carbonyl (C=O) groups excluding carboxylic acids is 1. The van der Waals surface area contributed by atoms with E-state index in [1.165, 1.54) is 12.1 Å². The first-order valence-electron chi connectivity index (χ1n) is 10.3. The smallest absolute Gasteiger partial charge is 0.321 e. The largest absolute Gasteiger partial charge is 0.335 e. The molecule has 4 rings (SSSR count). The molecule has 0 bridgehead atoms. The molecule has 0 radical (unpaired) electrons. The standard InChI is InChI=1S/C23H26ClFN4O.ClH/c1-4-12-27-15-23(5-2,29(26-3)22(27)30)20-14-28(18-9-7-17(25)8-10-18)21-11-6-16(24)13-19(20)21;/h6-11,13-14,26H,4-5,12,15H2,1-3H3;1H. The number of carbonyl (C=O) groups is 1. The number of nitrogens with zero attached hydrogens (tertiary/aromatic N) is 3. The lowest BCUT2D eigenvalue weighted by Gasteiger charge is -2.35. The zero-order valence-corrected chi connectivity index (χ0v) is 19.4. The summed E-state index contributed by atoms with van der Waals surface area (Å²) >= 11 is 6.37. The van der Waals surface area contributed by atoms with Crippen LogP contribution in [-0.2, 0) is 5.54 Å². The van der Waals surface area contributed by atoms with E-state index in [1.54, 1.807) is 24.2 Å². The Kier molecular flexibility index (Phi) is 6.84. The predicted molar refractivity (Wildman–Crippen MR) is 126 cm³/mol. The summed E-state index contributed by atoms with van der Waals surface area (Å²) in [5.41, 5.74) is 5.42. The van der Waals surface area contributed by atoms with Crippen molar-refractivity contribution in [3.05, 3.63) is 65.1 Å². The number of fused-ring (bicyclic) bond motifs is 1. The van der Waals surface area contributed by atoms with Crippen molar-refractivity contribution in [1.29, 1.82) is 0 Å². The second-order valence-electron chi connectivity index (χ2n) is 7.70. The van der Waals surface area contributed by atoms with Crippen molar-refractivity contribution < 1.29 is 9.18 Å². The summed E-state index contributed by atoms with van der Waals surface area (Å²) < 4.78 is 15.5. The molecule has 0 spiro atoms. The van der Waals surface area contributed by atoms with E-state index in [0.717, 1.165) is 35.0 Å². The highest BCUT2D eigenvalue weighted by molar-refractivity contribution is 6.31. The Morgan fingerprint density at radius 1 is 1.16 bits per heavy atom. The lowest BCUT2D eigenvalue weighted by atomic mass is 9.87. The molecule has 3 aromatic rings. The molecule has 166 valence electrons. The summed E-state index contributed by atoms with van der Waals surface area (Å²) in [4.78, 5) is 15.0. The maximum atomic E-state index is 13.5. The van der Waals surface area contributed by atoms with Gasteiger partial charge in [0.25, 0.3) is 0 Å². The Labute approximate surface area is 193 Å². The van der Waals surface area contributed by atoms with Crippen LogP contribution in [0.2, 0.25) is 5.02 Å². The van der Waals surface area contributed by atoms with Crippen molar-refractivity contribution in [2.75, 3.05) is 20.1 Å². The second-order valence-corrected chi connectivity index (χ2v) is 8.14. The molecule has 1 fully saturated rings. The lowest BCUT2D eigenvalue weighted by Crippen LogP contribution is -2.50. The molecule has 8 heteroatoms. The van der Waals surface area contributed by atoms with Crippen LogP contribution in [0.4, 0.5) is 9.18 Å². The number of rotatable bonds is 6. The molecule has 1 aliphatic rings. The second kappa shape index (κ2) is 9.07. The monoisotopic (exact) mass is 464 g/mol. The van der Waals surface area contributed by atoms with Crippen LogP contribution in [-0.4, -0.2) is 40.6 Å². The average Bonchev–Trinajstić information content (AvgIpc) is 3.24. The van der Waals surface area contributed by atoms with Gasteiger partial charge in [-0.2, -0.15) is 0 Å². The van der Waals surface area contributed by atoms with Gasteiger partial charge in [-0.15, -0.1) is 12.4 Å². The highest BCUT2D eigenvalue weighted by Gasteiger charge is 2.50. The first-order valence-corrected chi connectivity index (χ1v) is 10.7. The number of halogens is 3. The van der Waals surface area contributed by atoms with Crippen LogP contribution in [0.3, 0.4) is 0 Å². The van der Waals surface area contributed by atoms with E-state index in [1.807, 2.05) is 27.7 Å².